The predicted octanol–water partition coefficient (Wildman–Crippen LogP) is 1.59. The Labute approximate surface area is 195 Å². The van der Waals surface area contributed by atoms with Crippen molar-refractivity contribution < 1.29 is 36.6 Å². The highest BCUT2D eigenvalue weighted by Crippen LogP contribution is 2.25. The third-order valence-electron chi connectivity index (χ3n) is 5.52. The van der Waals surface area contributed by atoms with E-state index in [-0.39, 0.29) is 30.9 Å². The molecule has 3 rings (SSSR count). The van der Waals surface area contributed by atoms with E-state index in [1.807, 2.05) is 0 Å². The van der Waals surface area contributed by atoms with Gasteiger partial charge in [0.1, 0.15) is 16.4 Å². The van der Waals surface area contributed by atoms with Gasteiger partial charge in [-0.2, -0.15) is 0 Å². The summed E-state index contributed by atoms with van der Waals surface area (Å²) in [5.74, 6) is -3.30. The van der Waals surface area contributed by atoms with Gasteiger partial charge in [0, 0.05) is 50.6 Å². The Morgan fingerprint density at radius 1 is 1.26 bits per heavy atom. The smallest absolute Gasteiger partial charge is 0.409 e. The standard InChI is InChI=1S/C21H26F2N4O6S/c1-4-33-21(30)27-8-13(11-28)16(9-27)25-34(31,32)17-10-26(3)19(18(17)23)20(29)24-14-5-6-15(22)12(2)7-14/h5-7,10,13,16,25,28H,4,8-9,11H2,1-3H3,(H,24,29)/t13-,16-/m0/s1. The number of likely N-dealkylation sites (tertiary alicyclic amines) is 1. The molecule has 1 saturated heterocycles. The number of aryl methyl sites for hydroxylation is 2. The summed E-state index contributed by atoms with van der Waals surface area (Å²) in [5.41, 5.74) is -0.0621. The molecule has 0 saturated carbocycles. The number of benzene rings is 1. The minimum atomic E-state index is -4.46. The number of anilines is 1. The average molecular weight is 501 g/mol. The highest BCUT2D eigenvalue weighted by molar-refractivity contribution is 7.89. The van der Waals surface area contributed by atoms with Crippen LogP contribution in [0.1, 0.15) is 23.0 Å². The van der Waals surface area contributed by atoms with Crippen LogP contribution in [-0.4, -0.2) is 67.3 Å². The minimum Gasteiger partial charge on any atom is -0.450 e. The van der Waals surface area contributed by atoms with Gasteiger partial charge in [-0.25, -0.2) is 26.7 Å². The average Bonchev–Trinajstić information content (AvgIpc) is 3.30. The lowest BCUT2D eigenvalue weighted by Gasteiger charge is -2.17. The summed E-state index contributed by atoms with van der Waals surface area (Å²) >= 11 is 0. The molecule has 0 bridgehead atoms. The summed E-state index contributed by atoms with van der Waals surface area (Å²) in [6.07, 6.45) is 0.303. The molecule has 2 aromatic rings. The van der Waals surface area contributed by atoms with Crippen LogP contribution in [0.4, 0.5) is 19.3 Å². The van der Waals surface area contributed by atoms with Gasteiger partial charge in [0.15, 0.2) is 5.82 Å². The molecule has 2 amide bonds. The number of aliphatic hydroxyl groups excluding tert-OH is 1. The number of sulfonamides is 1. The lowest BCUT2D eigenvalue weighted by atomic mass is 10.1. The van der Waals surface area contributed by atoms with Crippen molar-refractivity contribution in [2.24, 2.45) is 13.0 Å². The van der Waals surface area contributed by atoms with Crippen molar-refractivity contribution in [1.29, 1.82) is 0 Å². The van der Waals surface area contributed by atoms with Crippen LogP contribution in [0.5, 0.6) is 0 Å². The quantitative estimate of drug-likeness (QED) is 0.530. The number of nitrogens with zero attached hydrogens (tertiary/aromatic N) is 2. The summed E-state index contributed by atoms with van der Waals surface area (Å²) in [6, 6.07) is 2.91. The fourth-order valence-corrected chi connectivity index (χ4v) is 5.17. The second kappa shape index (κ2) is 10.1. The van der Waals surface area contributed by atoms with Gasteiger partial charge in [0.25, 0.3) is 5.91 Å². The van der Waals surface area contributed by atoms with Crippen LogP contribution in [0.25, 0.3) is 0 Å². The van der Waals surface area contributed by atoms with E-state index in [0.717, 1.165) is 16.8 Å². The van der Waals surface area contributed by atoms with Crippen molar-refractivity contribution in [3.63, 3.8) is 0 Å². The van der Waals surface area contributed by atoms with Gasteiger partial charge >= 0.3 is 6.09 Å². The van der Waals surface area contributed by atoms with Crippen molar-refractivity contribution in [1.82, 2.24) is 14.2 Å². The predicted molar refractivity (Wildman–Crippen MR) is 118 cm³/mol. The van der Waals surface area contributed by atoms with Crippen LogP contribution in [0.2, 0.25) is 0 Å². The zero-order valence-electron chi connectivity index (χ0n) is 18.8. The van der Waals surface area contributed by atoms with E-state index in [1.54, 1.807) is 6.92 Å². The largest absolute Gasteiger partial charge is 0.450 e. The topological polar surface area (TPSA) is 130 Å². The highest BCUT2D eigenvalue weighted by Gasteiger charge is 2.39. The van der Waals surface area contributed by atoms with Crippen LogP contribution in [0, 0.1) is 24.5 Å². The second-order valence-corrected chi connectivity index (χ2v) is 9.64. The number of nitrogens with one attached hydrogen (secondary N) is 2. The first-order valence-electron chi connectivity index (χ1n) is 10.5. The molecule has 1 aliphatic rings. The van der Waals surface area contributed by atoms with Crippen LogP contribution >= 0.6 is 0 Å². The van der Waals surface area contributed by atoms with Gasteiger partial charge in [-0.3, -0.25) is 4.79 Å². The first-order chi connectivity index (χ1) is 16.0. The number of ether oxygens (including phenoxy) is 1. The molecule has 186 valence electrons. The van der Waals surface area contributed by atoms with E-state index in [4.69, 9.17) is 4.74 Å². The molecule has 10 nitrogen and oxygen atoms in total. The van der Waals surface area contributed by atoms with E-state index in [2.05, 4.69) is 10.0 Å². The van der Waals surface area contributed by atoms with Crippen molar-refractivity contribution in [2.75, 3.05) is 31.6 Å². The Kier molecular flexibility index (Phi) is 7.58. The van der Waals surface area contributed by atoms with Crippen LogP contribution in [0.15, 0.2) is 29.3 Å². The van der Waals surface area contributed by atoms with Gasteiger partial charge in [0.2, 0.25) is 10.0 Å². The fourth-order valence-electron chi connectivity index (χ4n) is 3.75. The molecule has 2 atom stereocenters. The summed E-state index contributed by atoms with van der Waals surface area (Å²) < 4.78 is 62.8. The van der Waals surface area contributed by atoms with E-state index in [1.165, 1.54) is 31.0 Å². The van der Waals surface area contributed by atoms with E-state index in [0.29, 0.717) is 0 Å². The number of amides is 2. The van der Waals surface area contributed by atoms with Crippen LogP contribution in [0.3, 0.4) is 0 Å². The van der Waals surface area contributed by atoms with Crippen molar-refractivity contribution in [3.05, 3.63) is 47.3 Å². The molecule has 1 aromatic heterocycles. The number of carbonyl (C=O) groups excluding carboxylic acids is 2. The first-order valence-corrected chi connectivity index (χ1v) is 11.9. The molecule has 0 aliphatic carbocycles. The van der Waals surface area contributed by atoms with Gasteiger partial charge in [-0.05, 0) is 37.6 Å². The number of hydrogen-bond acceptors (Lipinski definition) is 6. The molecule has 0 spiro atoms. The molecular weight excluding hydrogens is 474 g/mol. The summed E-state index contributed by atoms with van der Waals surface area (Å²) in [4.78, 5) is 25.1. The van der Waals surface area contributed by atoms with E-state index in [9.17, 15) is 27.5 Å². The Bertz CT molecular complexity index is 1200. The molecule has 13 heteroatoms. The molecule has 34 heavy (non-hydrogen) atoms. The number of rotatable bonds is 7. The number of carbonyl (C=O) groups is 2. The lowest BCUT2D eigenvalue weighted by Crippen LogP contribution is -2.42. The Hall–Kier alpha value is -3.03. The maximum Gasteiger partial charge on any atom is 0.409 e. The summed E-state index contributed by atoms with van der Waals surface area (Å²) in [7, 11) is -3.16. The Balaban J connectivity index is 1.81. The molecule has 1 aliphatic heterocycles. The molecular formula is C21H26F2N4O6S. The summed E-state index contributed by atoms with van der Waals surface area (Å²) in [5, 5.41) is 12.0. The number of hydrogen-bond donors (Lipinski definition) is 3. The van der Waals surface area contributed by atoms with Gasteiger partial charge < -0.3 is 24.6 Å². The molecule has 3 N–H and O–H groups in total. The van der Waals surface area contributed by atoms with E-state index < -0.39 is 62.8 Å². The SMILES string of the molecule is CCOC(=O)N1C[C@@H](CO)[C@@H](NS(=O)(=O)c2cn(C)c(C(=O)Nc3ccc(F)c(C)c3)c2F)C1. The zero-order chi connectivity index (χ0) is 25.2. The Morgan fingerprint density at radius 2 is 1.97 bits per heavy atom. The third kappa shape index (κ3) is 5.21. The monoisotopic (exact) mass is 500 g/mol. The minimum absolute atomic E-state index is 0.0601. The first kappa shape index (κ1) is 25.6. The van der Waals surface area contributed by atoms with Gasteiger partial charge in [0.05, 0.1) is 6.61 Å². The fraction of sp³-hybridized carbons (Fsp3) is 0.429. The van der Waals surface area contributed by atoms with Gasteiger partial charge in [-0.15, -0.1) is 0 Å². The molecule has 2 heterocycles. The highest BCUT2D eigenvalue weighted by atomic mass is 32.2. The van der Waals surface area contributed by atoms with Crippen molar-refractivity contribution >= 4 is 27.7 Å². The second-order valence-electron chi connectivity index (χ2n) is 7.96. The van der Waals surface area contributed by atoms with E-state index >= 15 is 4.39 Å². The third-order valence-corrected chi connectivity index (χ3v) is 6.99. The van der Waals surface area contributed by atoms with Gasteiger partial charge in [-0.1, -0.05) is 0 Å². The number of halogens is 2. The molecule has 0 radical (unpaired) electrons. The maximum absolute atomic E-state index is 15.1. The van der Waals surface area contributed by atoms with Crippen LogP contribution < -0.4 is 10.0 Å². The molecule has 0 unspecified atom stereocenters. The summed E-state index contributed by atoms with van der Waals surface area (Å²) in [6.45, 7) is 2.83. The van der Waals surface area contributed by atoms with Crippen LogP contribution in [-0.2, 0) is 21.8 Å². The lowest BCUT2D eigenvalue weighted by molar-refractivity contribution is 0.101. The maximum atomic E-state index is 15.1. The zero-order valence-corrected chi connectivity index (χ0v) is 19.7. The molecule has 1 fully saturated rings. The van der Waals surface area contributed by atoms with Crippen molar-refractivity contribution in [3.8, 4) is 0 Å². The Morgan fingerprint density at radius 3 is 2.59 bits per heavy atom. The molecule has 1 aromatic carbocycles. The number of aliphatic hydroxyl groups is 1. The van der Waals surface area contributed by atoms with Crippen molar-refractivity contribution in [2.45, 2.75) is 24.8 Å². The number of aromatic nitrogens is 1. The normalized spacial score (nSPS) is 18.2.